The zero-order valence-corrected chi connectivity index (χ0v) is 10.0. The molecule has 0 spiro atoms. The number of halogens is 3. The molecule has 0 aliphatic heterocycles. The maximum Gasteiger partial charge on any atom is 0.216 e. The molecule has 0 saturated heterocycles. The number of aliphatic hydroxyl groups is 2. The van der Waals surface area contributed by atoms with Crippen molar-refractivity contribution in [1.29, 1.82) is 0 Å². The molecule has 1 aromatic rings. The van der Waals surface area contributed by atoms with Crippen molar-refractivity contribution in [2.45, 2.75) is 22.4 Å². The van der Waals surface area contributed by atoms with Crippen LogP contribution in [0, 0.1) is 0 Å². The van der Waals surface area contributed by atoms with Gasteiger partial charge in [0.15, 0.2) is 0 Å². The van der Waals surface area contributed by atoms with E-state index < -0.39 is 16.0 Å². The van der Waals surface area contributed by atoms with Gasteiger partial charge in [0.1, 0.15) is 6.10 Å². The molecule has 2 N–H and O–H groups in total. The second-order valence-corrected chi connectivity index (χ2v) is 5.59. The summed E-state index contributed by atoms with van der Waals surface area (Å²) in [6, 6.07) is 8.91. The average molecular weight is 270 g/mol. The van der Waals surface area contributed by atoms with Crippen molar-refractivity contribution in [3.05, 3.63) is 35.9 Å². The van der Waals surface area contributed by atoms with Crippen LogP contribution in [-0.2, 0) is 0 Å². The van der Waals surface area contributed by atoms with E-state index in [1.165, 1.54) is 0 Å². The van der Waals surface area contributed by atoms with Gasteiger partial charge in [-0.3, -0.25) is 0 Å². The predicted octanol–water partition coefficient (Wildman–Crippen LogP) is 2.84. The van der Waals surface area contributed by atoms with Gasteiger partial charge in [-0.15, -0.1) is 0 Å². The molecule has 5 heteroatoms. The summed E-state index contributed by atoms with van der Waals surface area (Å²) in [6.45, 7) is 0. The van der Waals surface area contributed by atoms with E-state index in [4.69, 9.17) is 34.8 Å². The Morgan fingerprint density at radius 2 is 1.60 bits per heavy atom. The maximum absolute atomic E-state index is 9.72. The van der Waals surface area contributed by atoms with Crippen molar-refractivity contribution in [2.75, 3.05) is 0 Å². The van der Waals surface area contributed by atoms with Crippen molar-refractivity contribution in [2.24, 2.45) is 0 Å². The third kappa shape index (κ3) is 4.17. The summed E-state index contributed by atoms with van der Waals surface area (Å²) < 4.78 is -1.77. The molecule has 1 aromatic carbocycles. The Morgan fingerprint density at radius 3 is 2.07 bits per heavy atom. The van der Waals surface area contributed by atoms with Gasteiger partial charge in [-0.2, -0.15) is 0 Å². The Balaban J connectivity index is 2.61. The van der Waals surface area contributed by atoms with Gasteiger partial charge < -0.3 is 10.2 Å². The summed E-state index contributed by atoms with van der Waals surface area (Å²) in [5.74, 6) is 0. The molecule has 2 atom stereocenters. The second-order valence-electron chi connectivity index (χ2n) is 3.22. The zero-order chi connectivity index (χ0) is 11.5. The highest BCUT2D eigenvalue weighted by molar-refractivity contribution is 6.68. The number of hydrogen-bond acceptors (Lipinski definition) is 2. The molecule has 0 amide bonds. The molecule has 0 radical (unpaired) electrons. The highest BCUT2D eigenvalue weighted by Gasteiger charge is 2.32. The van der Waals surface area contributed by atoms with Crippen LogP contribution in [0.5, 0.6) is 0 Å². The van der Waals surface area contributed by atoms with Crippen molar-refractivity contribution in [1.82, 2.24) is 0 Å². The van der Waals surface area contributed by atoms with Crippen LogP contribution < -0.4 is 0 Å². The molecule has 0 heterocycles. The normalized spacial score (nSPS) is 16.1. The van der Waals surface area contributed by atoms with Crippen LogP contribution in [0.3, 0.4) is 0 Å². The van der Waals surface area contributed by atoms with Gasteiger partial charge in [-0.25, -0.2) is 0 Å². The Labute approximate surface area is 103 Å². The lowest BCUT2D eigenvalue weighted by molar-refractivity contribution is 0.0826. The number of rotatable bonds is 3. The fourth-order valence-corrected chi connectivity index (χ4v) is 1.42. The van der Waals surface area contributed by atoms with E-state index in [2.05, 4.69) is 0 Å². The zero-order valence-electron chi connectivity index (χ0n) is 7.78. The van der Waals surface area contributed by atoms with E-state index >= 15 is 0 Å². The fraction of sp³-hybridized carbons (Fsp3) is 0.400. The van der Waals surface area contributed by atoms with Crippen LogP contribution in [0.4, 0.5) is 0 Å². The smallest absolute Gasteiger partial charge is 0.216 e. The van der Waals surface area contributed by atoms with Crippen LogP contribution in [0.1, 0.15) is 18.1 Å². The summed E-state index contributed by atoms with van der Waals surface area (Å²) in [5, 5.41) is 19.2. The van der Waals surface area contributed by atoms with E-state index in [0.717, 1.165) is 0 Å². The molecular formula is C10H11Cl3O2. The number of alkyl halides is 3. The summed E-state index contributed by atoms with van der Waals surface area (Å²) in [6.07, 6.45) is -2.05. The standard InChI is InChI=1S/C10H11Cl3O2/c11-10(12,13)9(15)6-8(14)7-4-2-1-3-5-7/h1-5,8-9,14-15H,6H2/t8?,9-/m0/s1. The lowest BCUT2D eigenvalue weighted by atomic mass is 10.0. The highest BCUT2D eigenvalue weighted by Crippen LogP contribution is 2.34. The van der Waals surface area contributed by atoms with Gasteiger partial charge >= 0.3 is 0 Å². The Bertz CT molecular complexity index is 297. The van der Waals surface area contributed by atoms with Crippen LogP contribution in [0.25, 0.3) is 0 Å². The van der Waals surface area contributed by atoms with Crippen molar-refractivity contribution < 1.29 is 10.2 Å². The molecule has 1 unspecified atom stereocenters. The Kier molecular flexibility index (Phi) is 4.68. The van der Waals surface area contributed by atoms with Gasteiger partial charge in [0.05, 0.1) is 6.10 Å². The summed E-state index contributed by atoms with van der Waals surface area (Å²) in [7, 11) is 0. The van der Waals surface area contributed by atoms with Crippen LogP contribution in [0.15, 0.2) is 30.3 Å². The Morgan fingerprint density at radius 1 is 1.07 bits per heavy atom. The van der Waals surface area contributed by atoms with Gasteiger partial charge in [0.25, 0.3) is 0 Å². The third-order valence-corrected chi connectivity index (χ3v) is 2.76. The van der Waals surface area contributed by atoms with Crippen molar-refractivity contribution >= 4 is 34.8 Å². The van der Waals surface area contributed by atoms with Crippen LogP contribution in [-0.4, -0.2) is 20.1 Å². The molecule has 0 aromatic heterocycles. The minimum Gasteiger partial charge on any atom is -0.389 e. The quantitative estimate of drug-likeness (QED) is 0.829. The number of aliphatic hydroxyl groups excluding tert-OH is 2. The third-order valence-electron chi connectivity index (χ3n) is 2.01. The van der Waals surface area contributed by atoms with Gasteiger partial charge in [-0.05, 0) is 5.56 Å². The first kappa shape index (κ1) is 13.1. The first-order chi connectivity index (χ1) is 6.91. The largest absolute Gasteiger partial charge is 0.389 e. The first-order valence-electron chi connectivity index (χ1n) is 4.39. The minimum atomic E-state index is -1.77. The van der Waals surface area contributed by atoms with Gasteiger partial charge in [0.2, 0.25) is 3.79 Å². The molecule has 15 heavy (non-hydrogen) atoms. The topological polar surface area (TPSA) is 40.5 Å². The van der Waals surface area contributed by atoms with E-state index in [1.807, 2.05) is 6.07 Å². The Hall–Kier alpha value is 0.01000. The molecule has 0 fully saturated rings. The van der Waals surface area contributed by atoms with Gasteiger partial charge in [0, 0.05) is 6.42 Å². The first-order valence-corrected chi connectivity index (χ1v) is 5.52. The van der Waals surface area contributed by atoms with E-state index in [9.17, 15) is 10.2 Å². The molecule has 2 nitrogen and oxygen atoms in total. The number of hydrogen-bond donors (Lipinski definition) is 2. The second kappa shape index (κ2) is 5.37. The summed E-state index contributed by atoms with van der Waals surface area (Å²) in [5.41, 5.74) is 0.686. The lowest BCUT2D eigenvalue weighted by Gasteiger charge is -2.21. The molecule has 0 saturated carbocycles. The fourth-order valence-electron chi connectivity index (χ4n) is 1.16. The summed E-state index contributed by atoms with van der Waals surface area (Å²) >= 11 is 16.5. The SMILES string of the molecule is OC(C[C@H](O)C(Cl)(Cl)Cl)c1ccccc1. The van der Waals surface area contributed by atoms with Crippen molar-refractivity contribution in [3.8, 4) is 0 Å². The van der Waals surface area contributed by atoms with E-state index in [0.29, 0.717) is 5.56 Å². The van der Waals surface area contributed by atoms with Crippen molar-refractivity contribution in [3.63, 3.8) is 0 Å². The highest BCUT2D eigenvalue weighted by atomic mass is 35.6. The number of benzene rings is 1. The maximum atomic E-state index is 9.72. The van der Waals surface area contributed by atoms with E-state index in [1.54, 1.807) is 24.3 Å². The predicted molar refractivity (Wildman–Crippen MR) is 62.3 cm³/mol. The molecule has 0 bridgehead atoms. The molecule has 1 rings (SSSR count). The average Bonchev–Trinajstić information content (AvgIpc) is 2.17. The molecule has 0 aliphatic carbocycles. The van der Waals surface area contributed by atoms with Crippen LogP contribution >= 0.6 is 34.8 Å². The minimum absolute atomic E-state index is 0.0134. The van der Waals surface area contributed by atoms with E-state index in [-0.39, 0.29) is 6.42 Å². The monoisotopic (exact) mass is 268 g/mol. The van der Waals surface area contributed by atoms with Crippen LogP contribution in [0.2, 0.25) is 0 Å². The lowest BCUT2D eigenvalue weighted by Crippen LogP contribution is -2.27. The molecule has 0 aliphatic rings. The van der Waals surface area contributed by atoms with Gasteiger partial charge in [-0.1, -0.05) is 65.1 Å². The molecule has 84 valence electrons. The molecular weight excluding hydrogens is 258 g/mol. The summed E-state index contributed by atoms with van der Waals surface area (Å²) in [4.78, 5) is 0.